The van der Waals surface area contributed by atoms with Crippen molar-refractivity contribution < 1.29 is 0 Å². The number of hydrogen-bond donors (Lipinski definition) is 0. The second kappa shape index (κ2) is 2.61. The molecule has 0 atom stereocenters. The van der Waals surface area contributed by atoms with Crippen LogP contribution in [0, 0.1) is 0 Å². The minimum Gasteiger partial charge on any atom is -0.287 e. The van der Waals surface area contributed by atoms with Crippen molar-refractivity contribution in [1.29, 1.82) is 0 Å². The van der Waals surface area contributed by atoms with E-state index < -0.39 is 0 Å². The van der Waals surface area contributed by atoms with Crippen molar-refractivity contribution in [2.75, 3.05) is 5.75 Å². The predicted octanol–water partition coefficient (Wildman–Crippen LogP) is 0.838. The molecule has 68 valence electrons. The summed E-state index contributed by atoms with van der Waals surface area (Å²) in [4.78, 5) is 16.4. The summed E-state index contributed by atoms with van der Waals surface area (Å²) in [6.45, 7) is 0.846. The second-order valence-corrected chi connectivity index (χ2v) is 4.54. The fourth-order valence-corrected chi connectivity index (χ4v) is 3.00. The summed E-state index contributed by atoms with van der Waals surface area (Å²) in [7, 11) is 0. The Morgan fingerprint density at radius 3 is 3.23 bits per heavy atom. The van der Waals surface area contributed by atoms with Crippen LogP contribution >= 0.6 is 11.8 Å². The van der Waals surface area contributed by atoms with Crippen LogP contribution in [0.5, 0.6) is 0 Å². The van der Waals surface area contributed by atoms with Crippen molar-refractivity contribution in [1.82, 2.24) is 9.55 Å². The molecule has 1 aliphatic carbocycles. The van der Waals surface area contributed by atoms with Gasteiger partial charge in [-0.2, -0.15) is 0 Å². The van der Waals surface area contributed by atoms with Gasteiger partial charge in [0.15, 0.2) is 5.16 Å². The van der Waals surface area contributed by atoms with E-state index >= 15 is 0 Å². The van der Waals surface area contributed by atoms with E-state index in [-0.39, 0.29) is 5.56 Å². The molecular weight excluding hydrogens is 184 g/mol. The Morgan fingerprint density at radius 2 is 2.31 bits per heavy atom. The molecule has 0 saturated heterocycles. The lowest BCUT2D eigenvalue weighted by atomic mass is 10.2. The van der Waals surface area contributed by atoms with E-state index in [1.165, 1.54) is 0 Å². The van der Waals surface area contributed by atoms with Gasteiger partial charge in [-0.05, 0) is 19.3 Å². The number of fused-ring (bicyclic) bond motifs is 2. The van der Waals surface area contributed by atoms with Crippen LogP contribution in [-0.2, 0) is 19.4 Å². The van der Waals surface area contributed by atoms with Gasteiger partial charge in [-0.15, -0.1) is 0 Å². The molecule has 3 nitrogen and oxygen atoms in total. The van der Waals surface area contributed by atoms with Gasteiger partial charge >= 0.3 is 0 Å². The Hall–Kier alpha value is -0.770. The summed E-state index contributed by atoms with van der Waals surface area (Å²) < 4.78 is 1.83. The topological polar surface area (TPSA) is 34.9 Å². The Balaban J connectivity index is 2.33. The normalized spacial score (nSPS) is 18.8. The molecule has 0 bridgehead atoms. The minimum atomic E-state index is 0.225. The predicted molar refractivity (Wildman–Crippen MR) is 51.2 cm³/mol. The maximum atomic E-state index is 11.9. The average molecular weight is 194 g/mol. The van der Waals surface area contributed by atoms with E-state index in [2.05, 4.69) is 4.98 Å². The van der Waals surface area contributed by atoms with Gasteiger partial charge in [-0.3, -0.25) is 9.36 Å². The summed E-state index contributed by atoms with van der Waals surface area (Å²) >= 11 is 1.70. The van der Waals surface area contributed by atoms with Crippen LogP contribution in [0.15, 0.2) is 9.95 Å². The number of aryl methyl sites for hydroxylation is 1. The molecule has 0 radical (unpaired) electrons. The third-order valence-electron chi connectivity index (χ3n) is 2.70. The van der Waals surface area contributed by atoms with E-state index in [4.69, 9.17) is 0 Å². The van der Waals surface area contributed by atoms with Gasteiger partial charge in [0.2, 0.25) is 0 Å². The lowest BCUT2D eigenvalue weighted by Gasteiger charge is -2.03. The van der Waals surface area contributed by atoms with Gasteiger partial charge in [-0.25, -0.2) is 4.98 Å². The molecule has 13 heavy (non-hydrogen) atoms. The SMILES string of the molecule is O=c1c2c(nc3n1CCS3)CCC2. The van der Waals surface area contributed by atoms with Crippen LogP contribution < -0.4 is 5.56 Å². The largest absolute Gasteiger partial charge is 0.287 e. The number of thioether (sulfide) groups is 1. The molecule has 0 saturated carbocycles. The summed E-state index contributed by atoms with van der Waals surface area (Å²) in [5.74, 6) is 1.01. The highest BCUT2D eigenvalue weighted by Crippen LogP contribution is 2.25. The summed E-state index contributed by atoms with van der Waals surface area (Å²) in [6, 6.07) is 0. The quantitative estimate of drug-likeness (QED) is 0.574. The highest BCUT2D eigenvalue weighted by molar-refractivity contribution is 7.99. The molecule has 0 fully saturated rings. The van der Waals surface area contributed by atoms with Gasteiger partial charge in [0.1, 0.15) is 0 Å². The smallest absolute Gasteiger partial charge is 0.257 e. The Kier molecular flexibility index (Phi) is 1.53. The Bertz CT molecular complexity index is 389. The van der Waals surface area contributed by atoms with Gasteiger partial charge in [-0.1, -0.05) is 11.8 Å². The molecule has 3 rings (SSSR count). The molecule has 1 aromatic rings. The van der Waals surface area contributed by atoms with Gasteiger partial charge in [0, 0.05) is 17.9 Å². The number of rotatable bonds is 0. The van der Waals surface area contributed by atoms with Gasteiger partial charge in [0.25, 0.3) is 5.56 Å². The van der Waals surface area contributed by atoms with Crippen LogP contribution in [0.1, 0.15) is 17.7 Å². The first-order valence-corrected chi connectivity index (χ1v) is 5.60. The Morgan fingerprint density at radius 1 is 1.38 bits per heavy atom. The highest BCUT2D eigenvalue weighted by Gasteiger charge is 2.23. The van der Waals surface area contributed by atoms with Crippen LogP contribution in [0.25, 0.3) is 0 Å². The van der Waals surface area contributed by atoms with Crippen molar-refractivity contribution in [3.8, 4) is 0 Å². The first kappa shape index (κ1) is 7.62. The summed E-state index contributed by atoms with van der Waals surface area (Å²) in [6.07, 6.45) is 3.04. The van der Waals surface area contributed by atoms with Crippen molar-refractivity contribution in [3.63, 3.8) is 0 Å². The van der Waals surface area contributed by atoms with E-state index in [0.29, 0.717) is 0 Å². The van der Waals surface area contributed by atoms with E-state index in [1.807, 2.05) is 4.57 Å². The van der Waals surface area contributed by atoms with Crippen LogP contribution in [0.4, 0.5) is 0 Å². The standard InChI is InChI=1S/C9H10N2OS/c12-8-6-2-1-3-7(6)10-9-11(8)4-5-13-9/h1-5H2. The molecule has 1 aliphatic heterocycles. The first-order chi connectivity index (χ1) is 6.36. The molecule has 1 aromatic heterocycles. The minimum absolute atomic E-state index is 0.225. The number of hydrogen-bond acceptors (Lipinski definition) is 3. The summed E-state index contributed by atoms with van der Waals surface area (Å²) in [5, 5.41) is 0.936. The fraction of sp³-hybridized carbons (Fsp3) is 0.556. The second-order valence-electron chi connectivity index (χ2n) is 3.48. The number of nitrogens with zero attached hydrogens (tertiary/aromatic N) is 2. The zero-order valence-corrected chi connectivity index (χ0v) is 8.06. The maximum Gasteiger partial charge on any atom is 0.257 e. The molecule has 0 unspecified atom stereocenters. The van der Waals surface area contributed by atoms with Crippen molar-refractivity contribution in [2.24, 2.45) is 0 Å². The van der Waals surface area contributed by atoms with Crippen molar-refractivity contribution in [3.05, 3.63) is 21.6 Å². The fourth-order valence-electron chi connectivity index (χ4n) is 2.04. The zero-order chi connectivity index (χ0) is 8.84. The molecular formula is C9H10N2OS. The lowest BCUT2D eigenvalue weighted by Crippen LogP contribution is -2.24. The number of aromatic nitrogens is 2. The molecule has 2 aliphatic rings. The van der Waals surface area contributed by atoms with E-state index in [1.54, 1.807) is 11.8 Å². The van der Waals surface area contributed by atoms with Crippen LogP contribution in [-0.4, -0.2) is 15.3 Å². The maximum absolute atomic E-state index is 11.9. The zero-order valence-electron chi connectivity index (χ0n) is 7.25. The molecule has 0 amide bonds. The first-order valence-electron chi connectivity index (χ1n) is 4.61. The Labute approximate surface area is 80.2 Å². The van der Waals surface area contributed by atoms with Gasteiger partial charge in [0.05, 0.1) is 5.69 Å². The molecule has 4 heteroatoms. The van der Waals surface area contributed by atoms with E-state index in [9.17, 15) is 4.79 Å². The molecule has 0 spiro atoms. The summed E-state index contributed by atoms with van der Waals surface area (Å²) in [5.41, 5.74) is 2.26. The van der Waals surface area contributed by atoms with Crippen molar-refractivity contribution >= 4 is 11.8 Å². The van der Waals surface area contributed by atoms with Crippen molar-refractivity contribution in [2.45, 2.75) is 31.0 Å². The van der Waals surface area contributed by atoms with Crippen LogP contribution in [0.2, 0.25) is 0 Å². The molecule has 0 N–H and O–H groups in total. The molecule has 2 heterocycles. The van der Waals surface area contributed by atoms with Crippen LogP contribution in [0.3, 0.4) is 0 Å². The lowest BCUT2D eigenvalue weighted by molar-refractivity contribution is 0.642. The monoisotopic (exact) mass is 194 g/mol. The molecule has 0 aromatic carbocycles. The highest BCUT2D eigenvalue weighted by atomic mass is 32.2. The third-order valence-corrected chi connectivity index (χ3v) is 3.66. The van der Waals surface area contributed by atoms with Gasteiger partial charge < -0.3 is 0 Å². The third kappa shape index (κ3) is 0.981. The van der Waals surface area contributed by atoms with E-state index in [0.717, 1.165) is 48.0 Å². The average Bonchev–Trinajstić information content (AvgIpc) is 2.71.